The number of hydrogen-bond donors (Lipinski definition) is 2. The molecule has 9 nitrogen and oxygen atoms in total. The van der Waals surface area contributed by atoms with Gasteiger partial charge in [0.15, 0.2) is 0 Å². The first-order valence-corrected chi connectivity index (χ1v) is 8.63. The Hall–Kier alpha value is -2.68. The van der Waals surface area contributed by atoms with Crippen LogP contribution < -0.4 is 15.8 Å². The number of nitrogens with one attached hydrogen (secondary N) is 1. The minimum absolute atomic E-state index is 0.0642. The lowest BCUT2D eigenvalue weighted by atomic mass is 9.77. The fourth-order valence-electron chi connectivity index (χ4n) is 4.09. The van der Waals surface area contributed by atoms with Crippen LogP contribution in [-0.4, -0.2) is 45.9 Å². The van der Waals surface area contributed by atoms with Gasteiger partial charge in [-0.1, -0.05) is 0 Å². The van der Waals surface area contributed by atoms with Gasteiger partial charge in [0.1, 0.15) is 5.75 Å². The highest BCUT2D eigenvalue weighted by molar-refractivity contribution is 6.40. The topological polar surface area (TPSA) is 128 Å². The molecule has 0 aliphatic carbocycles. The van der Waals surface area contributed by atoms with Crippen molar-refractivity contribution in [3.8, 4) is 5.75 Å². The maximum atomic E-state index is 13.0. The first-order chi connectivity index (χ1) is 12.4. The molecular weight excluding hydrogens is 352 g/mol. The predicted octanol–water partition coefficient (Wildman–Crippen LogP) is 2.05. The summed E-state index contributed by atoms with van der Waals surface area (Å²) < 4.78 is 5.12. The highest BCUT2D eigenvalue weighted by Crippen LogP contribution is 2.38. The van der Waals surface area contributed by atoms with E-state index in [1.165, 1.54) is 19.2 Å². The number of carbonyl (C=O) groups excluding carboxylic acids is 2. The van der Waals surface area contributed by atoms with E-state index in [4.69, 9.17) is 10.5 Å². The van der Waals surface area contributed by atoms with E-state index in [0.29, 0.717) is 12.8 Å². The standard InChI is InChI=1S/C18H26N4O5/c1-17(2)9-11(19)10-18(3,4)21(17)16(24)15(23)20-13-8-12(22(25)26)6-7-14(13)27-5/h6-8,11H,9-10,19H2,1-5H3,(H,20,23). The number of rotatable bonds is 3. The summed E-state index contributed by atoms with van der Waals surface area (Å²) in [6.45, 7) is 7.47. The molecule has 27 heavy (non-hydrogen) atoms. The second-order valence-corrected chi connectivity index (χ2v) is 8.03. The van der Waals surface area contributed by atoms with Gasteiger partial charge >= 0.3 is 11.8 Å². The van der Waals surface area contributed by atoms with Crippen LogP contribution in [0.5, 0.6) is 5.75 Å². The molecule has 0 saturated carbocycles. The number of nitrogens with zero attached hydrogens (tertiary/aromatic N) is 2. The summed E-state index contributed by atoms with van der Waals surface area (Å²) in [6.07, 6.45) is 1.13. The van der Waals surface area contributed by atoms with Crippen molar-refractivity contribution >= 4 is 23.2 Å². The second kappa shape index (κ2) is 7.15. The fraction of sp³-hybridized carbons (Fsp3) is 0.556. The van der Waals surface area contributed by atoms with E-state index < -0.39 is 27.8 Å². The number of nitro benzene ring substituents is 1. The van der Waals surface area contributed by atoms with Crippen LogP contribution in [0.15, 0.2) is 18.2 Å². The van der Waals surface area contributed by atoms with Crippen LogP contribution in [0.25, 0.3) is 0 Å². The molecule has 9 heteroatoms. The first-order valence-electron chi connectivity index (χ1n) is 8.63. The van der Waals surface area contributed by atoms with Crippen LogP contribution in [0.3, 0.4) is 0 Å². The minimum Gasteiger partial charge on any atom is -0.495 e. The highest BCUT2D eigenvalue weighted by atomic mass is 16.6. The number of carbonyl (C=O) groups is 2. The number of ether oxygens (including phenoxy) is 1. The zero-order chi connectivity index (χ0) is 20.6. The molecule has 0 atom stereocenters. The summed E-state index contributed by atoms with van der Waals surface area (Å²) in [5.41, 5.74) is 4.74. The van der Waals surface area contributed by atoms with Gasteiger partial charge in [-0.15, -0.1) is 0 Å². The van der Waals surface area contributed by atoms with Crippen molar-refractivity contribution in [3.63, 3.8) is 0 Å². The van der Waals surface area contributed by atoms with Crippen LogP contribution >= 0.6 is 0 Å². The summed E-state index contributed by atoms with van der Waals surface area (Å²) in [7, 11) is 1.37. The Kier molecular flexibility index (Phi) is 5.46. The number of nitro groups is 1. The Morgan fingerprint density at radius 2 is 1.81 bits per heavy atom. The van der Waals surface area contributed by atoms with E-state index in [1.54, 1.807) is 4.90 Å². The van der Waals surface area contributed by atoms with E-state index in [1.807, 2.05) is 27.7 Å². The van der Waals surface area contributed by atoms with Gasteiger partial charge in [0, 0.05) is 29.3 Å². The number of non-ortho nitro benzene ring substituents is 1. The van der Waals surface area contributed by atoms with Crippen molar-refractivity contribution in [2.45, 2.75) is 57.7 Å². The summed E-state index contributed by atoms with van der Waals surface area (Å²) in [5, 5.41) is 13.4. The van der Waals surface area contributed by atoms with Crippen LogP contribution in [-0.2, 0) is 9.59 Å². The highest BCUT2D eigenvalue weighted by Gasteiger charge is 2.48. The molecule has 1 aliphatic heterocycles. The monoisotopic (exact) mass is 378 g/mol. The lowest BCUT2D eigenvalue weighted by molar-refractivity contribution is -0.384. The third-order valence-electron chi connectivity index (χ3n) is 4.77. The van der Waals surface area contributed by atoms with Gasteiger partial charge in [0.2, 0.25) is 0 Å². The van der Waals surface area contributed by atoms with E-state index in [2.05, 4.69) is 5.32 Å². The maximum Gasteiger partial charge on any atom is 0.314 e. The van der Waals surface area contributed by atoms with Crippen molar-refractivity contribution in [3.05, 3.63) is 28.3 Å². The van der Waals surface area contributed by atoms with E-state index in [9.17, 15) is 19.7 Å². The van der Waals surface area contributed by atoms with Crippen molar-refractivity contribution in [1.29, 1.82) is 0 Å². The third kappa shape index (κ3) is 4.19. The Morgan fingerprint density at radius 3 is 2.30 bits per heavy atom. The van der Waals surface area contributed by atoms with E-state index in [0.717, 1.165) is 6.07 Å². The minimum atomic E-state index is -0.884. The molecule has 1 saturated heterocycles. The Labute approximate surface area is 158 Å². The zero-order valence-corrected chi connectivity index (χ0v) is 16.2. The number of hydrogen-bond acceptors (Lipinski definition) is 6. The predicted molar refractivity (Wildman–Crippen MR) is 100 cm³/mol. The molecule has 0 spiro atoms. The van der Waals surface area contributed by atoms with Crippen molar-refractivity contribution in [1.82, 2.24) is 4.90 Å². The van der Waals surface area contributed by atoms with E-state index >= 15 is 0 Å². The Balaban J connectivity index is 2.31. The van der Waals surface area contributed by atoms with Crippen LogP contribution in [0, 0.1) is 10.1 Å². The molecule has 0 unspecified atom stereocenters. The van der Waals surface area contributed by atoms with Crippen molar-refractivity contribution in [2.24, 2.45) is 5.73 Å². The number of likely N-dealkylation sites (tertiary alicyclic amines) is 1. The molecular formula is C18H26N4O5. The molecule has 1 aromatic carbocycles. The molecule has 1 aliphatic rings. The van der Waals surface area contributed by atoms with Gasteiger partial charge in [0.05, 0.1) is 17.7 Å². The lowest BCUT2D eigenvalue weighted by Crippen LogP contribution is -2.66. The van der Waals surface area contributed by atoms with Crippen molar-refractivity contribution < 1.29 is 19.2 Å². The zero-order valence-electron chi connectivity index (χ0n) is 16.2. The quantitative estimate of drug-likeness (QED) is 0.471. The first kappa shape index (κ1) is 20.6. The summed E-state index contributed by atoms with van der Waals surface area (Å²) in [6, 6.07) is 3.71. The molecule has 2 amide bonds. The smallest absolute Gasteiger partial charge is 0.314 e. The van der Waals surface area contributed by atoms with Gasteiger partial charge in [-0.3, -0.25) is 19.7 Å². The molecule has 1 aromatic rings. The molecule has 0 aromatic heterocycles. The SMILES string of the molecule is COc1ccc([N+](=O)[O-])cc1NC(=O)C(=O)N1C(C)(C)CC(N)CC1(C)C. The number of nitrogens with two attached hydrogens (primary N) is 1. The van der Waals surface area contributed by atoms with Crippen LogP contribution in [0.2, 0.25) is 0 Å². The molecule has 1 heterocycles. The molecule has 0 bridgehead atoms. The number of amides is 2. The van der Waals surface area contributed by atoms with Gasteiger partial charge in [-0.2, -0.15) is 0 Å². The third-order valence-corrected chi connectivity index (χ3v) is 4.77. The molecule has 1 fully saturated rings. The van der Waals surface area contributed by atoms with Crippen LogP contribution in [0.4, 0.5) is 11.4 Å². The average Bonchev–Trinajstić information content (AvgIpc) is 2.51. The Morgan fingerprint density at radius 1 is 1.26 bits per heavy atom. The second-order valence-electron chi connectivity index (χ2n) is 8.03. The van der Waals surface area contributed by atoms with Crippen LogP contribution in [0.1, 0.15) is 40.5 Å². The number of piperidine rings is 1. The fourth-order valence-corrected chi connectivity index (χ4v) is 4.09. The van der Waals surface area contributed by atoms with Gasteiger partial charge in [-0.25, -0.2) is 0 Å². The lowest BCUT2D eigenvalue weighted by Gasteiger charge is -2.54. The van der Waals surface area contributed by atoms with Gasteiger partial charge < -0.3 is 20.7 Å². The van der Waals surface area contributed by atoms with E-state index in [-0.39, 0.29) is 23.2 Å². The Bertz CT molecular complexity index is 757. The average molecular weight is 378 g/mol. The maximum absolute atomic E-state index is 13.0. The molecule has 2 rings (SSSR count). The summed E-state index contributed by atoms with van der Waals surface area (Å²) in [4.78, 5) is 37.6. The summed E-state index contributed by atoms with van der Waals surface area (Å²) >= 11 is 0. The largest absolute Gasteiger partial charge is 0.495 e. The molecule has 148 valence electrons. The summed E-state index contributed by atoms with van der Waals surface area (Å²) in [5.74, 6) is -1.38. The number of methoxy groups -OCH3 is 1. The number of benzene rings is 1. The van der Waals surface area contributed by atoms with Crippen molar-refractivity contribution in [2.75, 3.05) is 12.4 Å². The normalized spacial score (nSPS) is 18.7. The van der Waals surface area contributed by atoms with Gasteiger partial charge in [0.25, 0.3) is 5.69 Å². The molecule has 0 radical (unpaired) electrons. The molecule has 3 N–H and O–H groups in total. The van der Waals surface area contributed by atoms with Gasteiger partial charge in [-0.05, 0) is 46.6 Å². The number of anilines is 1.